The number of phosphoric acid groups is 1. The molecule has 2 atom stereocenters. The van der Waals surface area contributed by atoms with Gasteiger partial charge in [0.05, 0.1) is 34.4 Å². The predicted molar refractivity (Wildman–Crippen MR) is 164 cm³/mol. The van der Waals surface area contributed by atoms with Gasteiger partial charge in [-0.1, -0.05) is 117 Å². The van der Waals surface area contributed by atoms with E-state index in [2.05, 4.69) is 13.8 Å². The topological polar surface area (TPSA) is 91.3 Å². The summed E-state index contributed by atoms with van der Waals surface area (Å²) in [5.41, 5.74) is 0. The van der Waals surface area contributed by atoms with E-state index < -0.39 is 13.9 Å². The molecule has 0 aliphatic carbocycles. The van der Waals surface area contributed by atoms with Gasteiger partial charge in [0, 0.05) is 13.0 Å². The Morgan fingerprint density at radius 2 is 1.15 bits per heavy atom. The first-order valence-electron chi connectivity index (χ1n) is 16.3. The van der Waals surface area contributed by atoms with E-state index in [1.54, 1.807) is 0 Å². The van der Waals surface area contributed by atoms with Crippen LogP contribution in [0.3, 0.4) is 0 Å². The number of esters is 1. The van der Waals surface area contributed by atoms with E-state index in [1.807, 2.05) is 21.1 Å². The second-order valence-electron chi connectivity index (χ2n) is 12.2. The maximum Gasteiger partial charge on any atom is 0.472 e. The Morgan fingerprint density at radius 1 is 0.675 bits per heavy atom. The summed E-state index contributed by atoms with van der Waals surface area (Å²) in [6, 6.07) is 0. The van der Waals surface area contributed by atoms with Gasteiger partial charge in [-0.15, -0.1) is 0 Å². The number of rotatable bonds is 30. The third-order valence-corrected chi connectivity index (χ3v) is 7.90. The van der Waals surface area contributed by atoms with E-state index in [9.17, 15) is 14.3 Å². The van der Waals surface area contributed by atoms with Gasteiger partial charge in [-0.3, -0.25) is 13.8 Å². The van der Waals surface area contributed by atoms with Crippen molar-refractivity contribution in [3.05, 3.63) is 0 Å². The SMILES string of the molecule is CCCCCCCCCCCCCCCCCOCC(COP(=O)(O)OCC[N+](C)(C)C)OC(=O)CCCCC. The number of carbonyl (C=O) groups excluding carboxylic acids is 1. The summed E-state index contributed by atoms with van der Waals surface area (Å²) < 4.78 is 34.3. The lowest BCUT2D eigenvalue weighted by Gasteiger charge is -2.24. The first-order valence-corrected chi connectivity index (χ1v) is 17.8. The van der Waals surface area contributed by atoms with Gasteiger partial charge in [-0.25, -0.2) is 4.57 Å². The van der Waals surface area contributed by atoms with Gasteiger partial charge in [-0.2, -0.15) is 0 Å². The molecule has 0 spiro atoms. The van der Waals surface area contributed by atoms with Crippen molar-refractivity contribution in [2.45, 2.75) is 142 Å². The van der Waals surface area contributed by atoms with Gasteiger partial charge in [0.1, 0.15) is 19.3 Å². The molecule has 40 heavy (non-hydrogen) atoms. The maximum atomic E-state index is 12.3. The van der Waals surface area contributed by atoms with E-state index in [4.69, 9.17) is 18.5 Å². The molecule has 0 radical (unpaired) electrons. The Balaban J connectivity index is 4.05. The fourth-order valence-corrected chi connectivity index (χ4v) is 5.06. The number of hydrogen-bond acceptors (Lipinski definition) is 6. The van der Waals surface area contributed by atoms with Gasteiger partial charge in [-0.05, 0) is 12.8 Å². The first-order chi connectivity index (χ1) is 19.1. The molecule has 0 saturated heterocycles. The molecule has 0 saturated carbocycles. The Bertz CT molecular complexity index is 627. The van der Waals surface area contributed by atoms with Crippen LogP contribution in [0.4, 0.5) is 0 Å². The van der Waals surface area contributed by atoms with Crippen molar-refractivity contribution < 1.29 is 37.3 Å². The minimum atomic E-state index is -4.24. The zero-order chi connectivity index (χ0) is 30.0. The molecule has 0 aliphatic rings. The van der Waals surface area contributed by atoms with E-state index in [0.717, 1.165) is 32.1 Å². The van der Waals surface area contributed by atoms with Crippen molar-refractivity contribution in [1.29, 1.82) is 0 Å². The molecule has 1 N–H and O–H groups in total. The van der Waals surface area contributed by atoms with Crippen molar-refractivity contribution in [1.82, 2.24) is 0 Å². The van der Waals surface area contributed by atoms with Crippen molar-refractivity contribution in [3.8, 4) is 0 Å². The number of phosphoric ester groups is 1. The summed E-state index contributed by atoms with van der Waals surface area (Å²) in [7, 11) is 1.67. The monoisotopic (exact) mass is 594 g/mol. The van der Waals surface area contributed by atoms with Crippen LogP contribution in [0.1, 0.15) is 136 Å². The third-order valence-electron chi connectivity index (χ3n) is 6.92. The second-order valence-corrected chi connectivity index (χ2v) is 13.7. The van der Waals surface area contributed by atoms with Crippen LogP contribution < -0.4 is 0 Å². The molecular weight excluding hydrogens is 529 g/mol. The minimum Gasteiger partial charge on any atom is -0.457 e. The highest BCUT2D eigenvalue weighted by Crippen LogP contribution is 2.43. The number of nitrogens with zero attached hydrogens (tertiary/aromatic N) is 1. The lowest BCUT2D eigenvalue weighted by atomic mass is 10.0. The van der Waals surface area contributed by atoms with Crippen molar-refractivity contribution in [3.63, 3.8) is 0 Å². The lowest BCUT2D eigenvalue weighted by Crippen LogP contribution is -2.37. The fraction of sp³-hybridized carbons (Fsp3) is 0.968. The maximum absolute atomic E-state index is 12.3. The Labute approximate surface area is 247 Å². The molecule has 0 bridgehead atoms. The first kappa shape index (κ1) is 39.5. The van der Waals surface area contributed by atoms with Crippen LogP contribution in [0.5, 0.6) is 0 Å². The summed E-state index contributed by atoms with van der Waals surface area (Å²) in [5.74, 6) is -0.337. The van der Waals surface area contributed by atoms with Crippen molar-refractivity contribution in [2.75, 3.05) is 54.1 Å². The highest BCUT2D eigenvalue weighted by atomic mass is 31.2. The van der Waals surface area contributed by atoms with Gasteiger partial charge < -0.3 is 18.9 Å². The highest BCUT2D eigenvalue weighted by molar-refractivity contribution is 7.47. The lowest BCUT2D eigenvalue weighted by molar-refractivity contribution is -0.870. The van der Waals surface area contributed by atoms with E-state index in [1.165, 1.54) is 83.5 Å². The molecule has 0 aromatic rings. The number of likely N-dealkylation sites (N-methyl/N-ethyl adjacent to an activating group) is 1. The summed E-state index contributed by atoms with van der Waals surface area (Å²) in [4.78, 5) is 22.2. The van der Waals surface area contributed by atoms with Crippen LogP contribution in [0.2, 0.25) is 0 Å². The number of unbranched alkanes of at least 4 members (excludes halogenated alkanes) is 16. The van der Waals surface area contributed by atoms with Crippen molar-refractivity contribution >= 4 is 13.8 Å². The molecule has 0 heterocycles. The fourth-order valence-electron chi connectivity index (χ4n) is 4.32. The van der Waals surface area contributed by atoms with Crippen LogP contribution in [0.25, 0.3) is 0 Å². The number of ether oxygens (including phenoxy) is 2. The van der Waals surface area contributed by atoms with E-state index >= 15 is 0 Å². The minimum absolute atomic E-state index is 0.0917. The van der Waals surface area contributed by atoms with Crippen LogP contribution in [0, 0.1) is 0 Å². The largest absolute Gasteiger partial charge is 0.472 e. The summed E-state index contributed by atoms with van der Waals surface area (Å²) in [6.45, 7) is 5.46. The molecule has 0 rings (SSSR count). The number of carbonyl (C=O) groups is 1. The molecule has 9 heteroatoms. The summed E-state index contributed by atoms with van der Waals surface area (Å²) >= 11 is 0. The second kappa shape index (κ2) is 26.2. The van der Waals surface area contributed by atoms with Gasteiger partial charge >= 0.3 is 13.8 Å². The Morgan fingerprint density at radius 3 is 1.65 bits per heavy atom. The molecular formula is C31H65NO7P+. The van der Waals surface area contributed by atoms with Gasteiger partial charge in [0.25, 0.3) is 0 Å². The average molecular weight is 595 g/mol. The third kappa shape index (κ3) is 29.0. The standard InChI is InChI=1S/C31H64NO7P/c1-6-8-10-11-12-13-14-15-16-17-18-19-20-21-23-26-36-28-30(39-31(33)24-22-9-7-2)29-38-40(34,35)37-27-25-32(3,4)5/h30H,6-29H2,1-5H3/p+1. The molecule has 240 valence electrons. The van der Waals surface area contributed by atoms with Crippen LogP contribution in [0.15, 0.2) is 0 Å². The normalized spacial score (nSPS) is 14.2. The molecule has 8 nitrogen and oxygen atoms in total. The molecule has 0 amide bonds. The highest BCUT2D eigenvalue weighted by Gasteiger charge is 2.26. The number of hydrogen-bond donors (Lipinski definition) is 1. The predicted octanol–water partition coefficient (Wildman–Crippen LogP) is 8.21. The molecule has 0 aromatic carbocycles. The van der Waals surface area contributed by atoms with Crippen LogP contribution >= 0.6 is 7.82 Å². The van der Waals surface area contributed by atoms with E-state index in [-0.39, 0.29) is 25.8 Å². The molecule has 0 fully saturated rings. The van der Waals surface area contributed by atoms with Crippen molar-refractivity contribution in [2.24, 2.45) is 0 Å². The molecule has 0 aliphatic heterocycles. The Kier molecular flexibility index (Phi) is 25.8. The van der Waals surface area contributed by atoms with Gasteiger partial charge in [0.15, 0.2) is 0 Å². The molecule has 0 aromatic heterocycles. The summed E-state index contributed by atoms with van der Waals surface area (Å²) in [5, 5.41) is 0. The zero-order valence-electron chi connectivity index (χ0n) is 26.8. The number of quaternary nitrogens is 1. The average Bonchev–Trinajstić information content (AvgIpc) is 2.88. The molecule has 2 unspecified atom stereocenters. The quantitative estimate of drug-likeness (QED) is 0.0388. The smallest absolute Gasteiger partial charge is 0.457 e. The van der Waals surface area contributed by atoms with E-state index in [0.29, 0.717) is 24.1 Å². The van der Waals surface area contributed by atoms with Crippen LogP contribution in [-0.4, -0.2) is 75.6 Å². The van der Waals surface area contributed by atoms with Gasteiger partial charge in [0.2, 0.25) is 0 Å². The summed E-state index contributed by atoms with van der Waals surface area (Å²) in [6.07, 6.45) is 22.0. The Hall–Kier alpha value is -0.500. The van der Waals surface area contributed by atoms with Crippen LogP contribution in [-0.2, 0) is 27.9 Å². The zero-order valence-corrected chi connectivity index (χ0v) is 27.7.